The van der Waals surface area contributed by atoms with E-state index in [1.54, 1.807) is 4.90 Å². The van der Waals surface area contributed by atoms with Gasteiger partial charge in [0.2, 0.25) is 0 Å². The van der Waals surface area contributed by atoms with Crippen LogP contribution in [0.2, 0.25) is 0 Å². The average molecular weight is 394 g/mol. The number of hydrogen-bond donors (Lipinski definition) is 3. The largest absolute Gasteiger partial charge is 0.322 e. The highest BCUT2D eigenvalue weighted by Crippen LogP contribution is 2.26. The second-order valence-corrected chi connectivity index (χ2v) is 8.14. The van der Waals surface area contributed by atoms with E-state index < -0.39 is 0 Å². The number of amides is 1. The highest BCUT2D eigenvalue weighted by Gasteiger charge is 2.24. The summed E-state index contributed by atoms with van der Waals surface area (Å²) in [5, 5.41) is 3.16. The van der Waals surface area contributed by atoms with Crippen LogP contribution in [0.4, 0.5) is 5.69 Å². The highest BCUT2D eigenvalue weighted by atomic mass is 16.2. The molecule has 4 heteroatoms. The summed E-state index contributed by atoms with van der Waals surface area (Å²) in [6.07, 6.45) is 5.55. The van der Waals surface area contributed by atoms with Crippen LogP contribution in [0, 0.1) is 0 Å². The Labute approximate surface area is 175 Å². The fourth-order valence-corrected chi connectivity index (χ4v) is 3.95. The van der Waals surface area contributed by atoms with Crippen molar-refractivity contribution in [2.45, 2.75) is 26.2 Å². The predicted octanol–water partition coefficient (Wildman–Crippen LogP) is 1.64. The second kappa shape index (κ2) is 10.9. The first-order valence-electron chi connectivity index (χ1n) is 10.9. The van der Waals surface area contributed by atoms with Gasteiger partial charge in [-0.05, 0) is 35.6 Å². The van der Waals surface area contributed by atoms with E-state index in [1.165, 1.54) is 16.0 Å². The quantitative estimate of drug-likeness (QED) is 0.627. The lowest BCUT2D eigenvalue weighted by atomic mass is 9.97. The van der Waals surface area contributed by atoms with Crippen molar-refractivity contribution in [1.82, 2.24) is 0 Å². The van der Waals surface area contributed by atoms with Gasteiger partial charge in [-0.1, -0.05) is 68.5 Å². The zero-order chi connectivity index (χ0) is 20.5. The zero-order valence-electron chi connectivity index (χ0n) is 17.8. The summed E-state index contributed by atoms with van der Waals surface area (Å²) in [5.74, 6) is 0.582. The summed E-state index contributed by atoms with van der Waals surface area (Å²) in [6.45, 7) is 10.3. The Balaban J connectivity index is 1.43. The standard InChI is InChI=1S/C25H33N3O/c1-3-21(2)23-13-7-8-14-24(23)26-25(29)20-28-18-16-27(17-19-28)15-9-12-22-10-5-4-6-11-22/h4-14,21H,3,15-20H2,1-2H3,(H,26,29)/p+2/b12-9+/t21-/m0/s1. The van der Waals surface area contributed by atoms with E-state index in [2.05, 4.69) is 67.7 Å². The van der Waals surface area contributed by atoms with Crippen LogP contribution >= 0.6 is 0 Å². The first-order valence-corrected chi connectivity index (χ1v) is 10.9. The smallest absolute Gasteiger partial charge is 0.279 e. The number of hydrogen-bond acceptors (Lipinski definition) is 1. The second-order valence-electron chi connectivity index (χ2n) is 8.14. The number of anilines is 1. The number of carbonyl (C=O) groups excluding carboxylic acids is 1. The molecular weight excluding hydrogens is 358 g/mol. The lowest BCUT2D eigenvalue weighted by Crippen LogP contribution is -3.28. The molecule has 1 aliphatic heterocycles. The van der Waals surface area contributed by atoms with Gasteiger partial charge in [0.15, 0.2) is 6.54 Å². The van der Waals surface area contributed by atoms with Gasteiger partial charge in [0.25, 0.3) is 5.91 Å². The Morgan fingerprint density at radius 3 is 2.38 bits per heavy atom. The number of carbonyl (C=O) groups is 1. The molecule has 1 aliphatic rings. The maximum absolute atomic E-state index is 12.6. The minimum absolute atomic E-state index is 0.128. The van der Waals surface area contributed by atoms with Crippen molar-refractivity contribution >= 4 is 17.7 Å². The molecule has 0 spiro atoms. The number of benzene rings is 2. The maximum atomic E-state index is 12.6. The molecule has 29 heavy (non-hydrogen) atoms. The molecule has 2 aromatic rings. The van der Waals surface area contributed by atoms with Gasteiger partial charge in [0.05, 0.1) is 6.54 Å². The van der Waals surface area contributed by atoms with Crippen LogP contribution in [0.3, 0.4) is 0 Å². The topological polar surface area (TPSA) is 38.0 Å². The normalized spacial score (nSPS) is 20.5. The van der Waals surface area contributed by atoms with Crippen LogP contribution in [0.5, 0.6) is 0 Å². The average Bonchev–Trinajstić information content (AvgIpc) is 2.75. The third-order valence-electron chi connectivity index (χ3n) is 5.97. The minimum atomic E-state index is 0.128. The summed E-state index contributed by atoms with van der Waals surface area (Å²) in [7, 11) is 0. The minimum Gasteiger partial charge on any atom is -0.322 e. The SMILES string of the molecule is CC[C@H](C)c1ccccc1NC(=O)C[NH+]1CC[NH+](C/C=C/c2ccccc2)CC1. The molecule has 0 aromatic heterocycles. The van der Waals surface area contributed by atoms with E-state index in [0.717, 1.165) is 44.8 Å². The molecule has 1 fully saturated rings. The van der Waals surface area contributed by atoms with Gasteiger partial charge < -0.3 is 15.1 Å². The summed E-state index contributed by atoms with van der Waals surface area (Å²) >= 11 is 0. The van der Waals surface area contributed by atoms with Crippen molar-refractivity contribution in [2.24, 2.45) is 0 Å². The van der Waals surface area contributed by atoms with Crippen molar-refractivity contribution in [3.63, 3.8) is 0 Å². The molecule has 3 N–H and O–H groups in total. The molecule has 0 unspecified atom stereocenters. The lowest BCUT2D eigenvalue weighted by Gasteiger charge is -2.28. The maximum Gasteiger partial charge on any atom is 0.279 e. The van der Waals surface area contributed by atoms with Crippen molar-refractivity contribution in [2.75, 3.05) is 44.6 Å². The fourth-order valence-electron chi connectivity index (χ4n) is 3.95. The molecule has 3 rings (SSSR count). The number of quaternary nitrogens is 2. The van der Waals surface area contributed by atoms with Crippen molar-refractivity contribution in [3.05, 3.63) is 71.8 Å². The van der Waals surface area contributed by atoms with Gasteiger partial charge in [0, 0.05) is 5.69 Å². The summed E-state index contributed by atoms with van der Waals surface area (Å²) < 4.78 is 0. The highest BCUT2D eigenvalue weighted by molar-refractivity contribution is 5.92. The monoisotopic (exact) mass is 393 g/mol. The summed E-state index contributed by atoms with van der Waals surface area (Å²) in [4.78, 5) is 15.6. The Kier molecular flexibility index (Phi) is 8.03. The van der Waals surface area contributed by atoms with E-state index in [1.807, 2.05) is 18.2 Å². The van der Waals surface area contributed by atoms with E-state index in [4.69, 9.17) is 0 Å². The Morgan fingerprint density at radius 2 is 1.66 bits per heavy atom. The molecule has 2 aromatic carbocycles. The Bertz CT molecular complexity index is 795. The van der Waals surface area contributed by atoms with Gasteiger partial charge in [0.1, 0.15) is 26.2 Å². The first-order chi connectivity index (χ1) is 14.2. The third-order valence-corrected chi connectivity index (χ3v) is 5.97. The zero-order valence-corrected chi connectivity index (χ0v) is 17.8. The van der Waals surface area contributed by atoms with Crippen LogP contribution < -0.4 is 15.1 Å². The Morgan fingerprint density at radius 1 is 1.00 bits per heavy atom. The molecule has 1 amide bonds. The van der Waals surface area contributed by atoms with Crippen molar-refractivity contribution in [1.29, 1.82) is 0 Å². The molecule has 4 nitrogen and oxygen atoms in total. The van der Waals surface area contributed by atoms with Gasteiger partial charge >= 0.3 is 0 Å². The molecular formula is C25H35N3O+2. The molecule has 0 radical (unpaired) electrons. The first kappa shape index (κ1) is 21.3. The third kappa shape index (κ3) is 6.55. The van der Waals surface area contributed by atoms with Gasteiger partial charge in [-0.3, -0.25) is 4.79 Å². The number of para-hydroxylation sites is 1. The Hall–Kier alpha value is -2.43. The van der Waals surface area contributed by atoms with E-state index in [-0.39, 0.29) is 5.91 Å². The van der Waals surface area contributed by atoms with Gasteiger partial charge in [-0.25, -0.2) is 0 Å². The summed E-state index contributed by atoms with van der Waals surface area (Å²) in [6, 6.07) is 18.7. The molecule has 1 heterocycles. The van der Waals surface area contributed by atoms with Crippen LogP contribution in [-0.2, 0) is 4.79 Å². The number of nitrogens with one attached hydrogen (secondary N) is 3. The molecule has 0 bridgehead atoms. The molecule has 0 saturated carbocycles. The number of piperazine rings is 1. The van der Waals surface area contributed by atoms with Gasteiger partial charge in [-0.15, -0.1) is 0 Å². The van der Waals surface area contributed by atoms with Crippen molar-refractivity contribution in [3.8, 4) is 0 Å². The van der Waals surface area contributed by atoms with E-state index in [9.17, 15) is 4.79 Å². The molecule has 1 saturated heterocycles. The lowest BCUT2D eigenvalue weighted by molar-refractivity contribution is -1.01. The van der Waals surface area contributed by atoms with Crippen LogP contribution in [0.25, 0.3) is 6.08 Å². The van der Waals surface area contributed by atoms with Crippen molar-refractivity contribution < 1.29 is 14.6 Å². The molecule has 0 aliphatic carbocycles. The van der Waals surface area contributed by atoms with Crippen LogP contribution in [0.1, 0.15) is 37.3 Å². The number of rotatable bonds is 8. The van der Waals surface area contributed by atoms with E-state index >= 15 is 0 Å². The van der Waals surface area contributed by atoms with E-state index in [0.29, 0.717) is 12.5 Å². The summed E-state index contributed by atoms with van der Waals surface area (Å²) in [5.41, 5.74) is 3.46. The van der Waals surface area contributed by atoms with Crippen LogP contribution in [0.15, 0.2) is 60.7 Å². The van der Waals surface area contributed by atoms with Crippen LogP contribution in [-0.4, -0.2) is 45.2 Å². The molecule has 154 valence electrons. The predicted molar refractivity (Wildman–Crippen MR) is 120 cm³/mol. The van der Waals surface area contributed by atoms with Gasteiger partial charge in [-0.2, -0.15) is 0 Å². The molecule has 1 atom stereocenters. The fraction of sp³-hybridized carbons (Fsp3) is 0.400.